The molecule has 196 valence electrons. The number of aromatic amines is 1. The standard InChI is InChI=1S/C22H27BrN3O9P/c1-3-32-21(29)14(2)25-36(31,35-16-7-5-4-6-8-16)33-13-18-17(27)11-19(34-18)26-12-15(9-10-23)20(28)24-22(26)30/h4-10,12,14,17-19,27H,3,11,13H2,1-2H3,(H,25,31)(H,24,28,30)/b10-9+/t14-,17?,18?,19?,36?/m0/s1. The topological polar surface area (TPSA) is 158 Å². The first kappa shape index (κ1) is 28.0. The number of rotatable bonds is 11. The van der Waals surface area contributed by atoms with Gasteiger partial charge in [0.15, 0.2) is 0 Å². The first-order valence-corrected chi connectivity index (χ1v) is 13.5. The molecule has 0 bridgehead atoms. The van der Waals surface area contributed by atoms with Crippen LogP contribution in [0, 0.1) is 0 Å². The molecule has 5 atom stereocenters. The molecular weight excluding hydrogens is 561 g/mol. The van der Waals surface area contributed by atoms with Gasteiger partial charge >= 0.3 is 19.4 Å². The van der Waals surface area contributed by atoms with Crippen LogP contribution in [-0.2, 0) is 23.4 Å². The Morgan fingerprint density at radius 3 is 2.78 bits per heavy atom. The number of carbonyl (C=O) groups excluding carboxylic acids is 1. The van der Waals surface area contributed by atoms with Gasteiger partial charge in [-0.05, 0) is 37.0 Å². The zero-order valence-electron chi connectivity index (χ0n) is 19.5. The van der Waals surface area contributed by atoms with Gasteiger partial charge in [0.1, 0.15) is 24.1 Å². The van der Waals surface area contributed by atoms with Crippen LogP contribution in [0.15, 0.2) is 51.1 Å². The molecule has 1 aromatic heterocycles. The van der Waals surface area contributed by atoms with Gasteiger partial charge in [0.25, 0.3) is 5.56 Å². The van der Waals surface area contributed by atoms with E-state index >= 15 is 0 Å². The number of para-hydroxylation sites is 1. The highest BCUT2D eigenvalue weighted by molar-refractivity contribution is 9.11. The Bertz CT molecular complexity index is 1230. The number of aromatic nitrogens is 2. The molecule has 12 nitrogen and oxygen atoms in total. The van der Waals surface area contributed by atoms with Gasteiger partial charge in [-0.3, -0.25) is 23.7 Å². The number of esters is 1. The molecule has 1 fully saturated rings. The zero-order chi connectivity index (χ0) is 26.3. The highest BCUT2D eigenvalue weighted by Crippen LogP contribution is 2.45. The minimum Gasteiger partial charge on any atom is -0.465 e. The highest BCUT2D eigenvalue weighted by atomic mass is 79.9. The second-order valence-corrected chi connectivity index (χ2v) is 10.00. The number of nitrogens with zero attached hydrogens (tertiary/aromatic N) is 1. The minimum absolute atomic E-state index is 0.00788. The molecule has 1 aliphatic rings. The van der Waals surface area contributed by atoms with E-state index in [0.29, 0.717) is 0 Å². The van der Waals surface area contributed by atoms with Crippen LogP contribution in [0.5, 0.6) is 5.75 Å². The summed E-state index contributed by atoms with van der Waals surface area (Å²) in [4.78, 5) is 40.0. The summed E-state index contributed by atoms with van der Waals surface area (Å²) in [7, 11) is -4.15. The Morgan fingerprint density at radius 2 is 2.11 bits per heavy atom. The van der Waals surface area contributed by atoms with E-state index in [1.54, 1.807) is 37.3 Å². The smallest absolute Gasteiger partial charge is 0.459 e. The monoisotopic (exact) mass is 587 g/mol. The average Bonchev–Trinajstić information content (AvgIpc) is 3.20. The van der Waals surface area contributed by atoms with Crippen LogP contribution in [0.3, 0.4) is 0 Å². The Morgan fingerprint density at radius 1 is 1.39 bits per heavy atom. The summed E-state index contributed by atoms with van der Waals surface area (Å²) in [5, 5.41) is 13.1. The number of hydrogen-bond acceptors (Lipinski definition) is 9. The summed E-state index contributed by atoms with van der Waals surface area (Å²) in [5.41, 5.74) is -1.10. The number of benzene rings is 1. The van der Waals surface area contributed by atoms with E-state index in [9.17, 15) is 24.1 Å². The average molecular weight is 588 g/mol. The van der Waals surface area contributed by atoms with Gasteiger partial charge in [0.05, 0.1) is 24.9 Å². The van der Waals surface area contributed by atoms with E-state index in [2.05, 4.69) is 26.0 Å². The first-order valence-electron chi connectivity index (χ1n) is 11.0. The van der Waals surface area contributed by atoms with Crippen LogP contribution >= 0.6 is 23.7 Å². The van der Waals surface area contributed by atoms with Crippen LogP contribution in [-0.4, -0.2) is 52.1 Å². The minimum atomic E-state index is -4.15. The second-order valence-electron chi connectivity index (χ2n) is 7.78. The third kappa shape index (κ3) is 7.25. The van der Waals surface area contributed by atoms with Gasteiger partial charge in [-0.25, -0.2) is 9.36 Å². The maximum absolute atomic E-state index is 13.5. The zero-order valence-corrected chi connectivity index (χ0v) is 22.0. The molecule has 0 spiro atoms. The number of aliphatic hydroxyl groups is 1. The number of ether oxygens (including phenoxy) is 2. The maximum atomic E-state index is 13.5. The summed E-state index contributed by atoms with van der Waals surface area (Å²) >= 11 is 3.08. The van der Waals surface area contributed by atoms with Crippen LogP contribution < -0.4 is 20.9 Å². The van der Waals surface area contributed by atoms with Gasteiger partial charge in [-0.2, -0.15) is 5.09 Å². The Kier molecular flexibility index (Phi) is 9.83. The highest BCUT2D eigenvalue weighted by Gasteiger charge is 2.39. The normalized spacial score (nSPS) is 22.3. The van der Waals surface area contributed by atoms with E-state index in [-0.39, 0.29) is 24.3 Å². The predicted molar refractivity (Wildman–Crippen MR) is 134 cm³/mol. The molecular formula is C22H27BrN3O9P. The largest absolute Gasteiger partial charge is 0.465 e. The molecule has 0 radical (unpaired) electrons. The number of aliphatic hydroxyl groups excluding tert-OH is 1. The van der Waals surface area contributed by atoms with Gasteiger partial charge in [-0.1, -0.05) is 34.1 Å². The Labute approximate surface area is 214 Å². The van der Waals surface area contributed by atoms with Crippen molar-refractivity contribution in [1.82, 2.24) is 14.6 Å². The fourth-order valence-corrected chi connectivity index (χ4v) is 5.16. The fourth-order valence-electron chi connectivity index (χ4n) is 3.38. The van der Waals surface area contributed by atoms with E-state index in [4.69, 9.17) is 18.5 Å². The van der Waals surface area contributed by atoms with Crippen LogP contribution in [0.4, 0.5) is 0 Å². The molecule has 2 aromatic rings. The molecule has 4 unspecified atom stereocenters. The van der Waals surface area contributed by atoms with Crippen LogP contribution in [0.25, 0.3) is 6.08 Å². The van der Waals surface area contributed by atoms with Crippen molar-refractivity contribution in [3.8, 4) is 5.75 Å². The van der Waals surface area contributed by atoms with Gasteiger partial charge in [0, 0.05) is 12.6 Å². The van der Waals surface area contributed by atoms with Crippen molar-refractivity contribution in [2.75, 3.05) is 13.2 Å². The van der Waals surface area contributed by atoms with Crippen molar-refractivity contribution in [3.63, 3.8) is 0 Å². The number of hydrogen-bond donors (Lipinski definition) is 3. The summed E-state index contributed by atoms with van der Waals surface area (Å²) in [6, 6.07) is 7.18. The lowest BCUT2D eigenvalue weighted by molar-refractivity contribution is -0.144. The Hall–Kier alpha value is -2.54. The molecule has 36 heavy (non-hydrogen) atoms. The van der Waals surface area contributed by atoms with Gasteiger partial charge < -0.3 is 19.1 Å². The van der Waals surface area contributed by atoms with Crippen molar-refractivity contribution >= 4 is 35.7 Å². The third-order valence-corrected chi connectivity index (χ3v) is 7.03. The van der Waals surface area contributed by atoms with Gasteiger partial charge in [0.2, 0.25) is 0 Å². The number of H-pyrrole nitrogens is 1. The molecule has 0 saturated carbocycles. The summed E-state index contributed by atoms with van der Waals surface area (Å²) < 4.78 is 36.5. The van der Waals surface area contributed by atoms with Crippen LogP contribution in [0.2, 0.25) is 0 Å². The van der Waals surface area contributed by atoms with E-state index in [0.717, 1.165) is 4.57 Å². The second kappa shape index (κ2) is 12.6. The lowest BCUT2D eigenvalue weighted by Crippen LogP contribution is -2.36. The van der Waals surface area contributed by atoms with Crippen molar-refractivity contribution in [1.29, 1.82) is 0 Å². The van der Waals surface area contributed by atoms with Crippen molar-refractivity contribution in [2.24, 2.45) is 0 Å². The predicted octanol–water partition coefficient (Wildman–Crippen LogP) is 2.30. The van der Waals surface area contributed by atoms with Crippen molar-refractivity contribution in [3.05, 3.63) is 67.9 Å². The molecule has 1 aliphatic heterocycles. The van der Waals surface area contributed by atoms with Crippen molar-refractivity contribution < 1.29 is 33.0 Å². The van der Waals surface area contributed by atoms with Crippen LogP contribution in [0.1, 0.15) is 32.1 Å². The first-order chi connectivity index (χ1) is 17.2. The van der Waals surface area contributed by atoms with E-state index in [1.807, 2.05) is 0 Å². The van der Waals surface area contributed by atoms with Crippen molar-refractivity contribution in [2.45, 2.75) is 44.7 Å². The number of carbonyl (C=O) groups is 1. The fraction of sp³-hybridized carbons (Fsp3) is 0.409. The van der Waals surface area contributed by atoms with E-state index < -0.39 is 56.0 Å². The molecule has 1 saturated heterocycles. The van der Waals surface area contributed by atoms with E-state index in [1.165, 1.54) is 24.2 Å². The molecule has 14 heteroatoms. The summed E-state index contributed by atoms with van der Waals surface area (Å²) in [5.74, 6) is -0.427. The molecule has 3 N–H and O–H groups in total. The number of halogens is 1. The summed E-state index contributed by atoms with van der Waals surface area (Å²) in [6.45, 7) is 2.83. The molecule has 1 aromatic carbocycles. The molecule has 3 rings (SSSR count). The SMILES string of the molecule is CCOC(=O)[C@H](C)NP(=O)(OCC1OC(n2cc(/C=C/Br)c(=O)[nH]c2=O)CC1O)Oc1ccccc1. The molecule has 0 aliphatic carbocycles. The number of nitrogens with one attached hydrogen (secondary N) is 2. The van der Waals surface area contributed by atoms with Gasteiger partial charge in [-0.15, -0.1) is 0 Å². The quantitative estimate of drug-likeness (QED) is 0.263. The molecule has 0 amide bonds. The maximum Gasteiger partial charge on any atom is 0.459 e. The third-order valence-electron chi connectivity index (χ3n) is 5.12. The lowest BCUT2D eigenvalue weighted by atomic mass is 10.2. The molecule has 2 heterocycles. The summed E-state index contributed by atoms with van der Waals surface area (Å²) in [6.07, 6.45) is -0.220. The lowest BCUT2D eigenvalue weighted by Gasteiger charge is -2.24. The Balaban J connectivity index is 1.75.